The molecule has 0 bridgehead atoms. The molecule has 0 radical (unpaired) electrons. The highest BCUT2D eigenvalue weighted by Gasteiger charge is 2.38. The lowest BCUT2D eigenvalue weighted by Crippen LogP contribution is -2.34. The average molecular weight is 237 g/mol. The second-order valence-electron chi connectivity index (χ2n) is 5.09. The zero-order valence-corrected chi connectivity index (χ0v) is 9.96. The van der Waals surface area contributed by atoms with Gasteiger partial charge in [0.25, 0.3) is 0 Å². The van der Waals surface area contributed by atoms with Gasteiger partial charge in [-0.25, -0.2) is 9.18 Å². The van der Waals surface area contributed by atoms with Crippen molar-refractivity contribution < 1.29 is 14.3 Å². The fourth-order valence-electron chi connectivity index (χ4n) is 2.10. The van der Waals surface area contributed by atoms with E-state index in [4.69, 9.17) is 5.11 Å². The smallest absolute Gasteiger partial charge is 0.340 e. The number of halogens is 1. The van der Waals surface area contributed by atoms with Gasteiger partial charge in [0.05, 0.1) is 5.69 Å². The number of hydrogen-bond donors (Lipinski definition) is 2. The first-order valence-electron chi connectivity index (χ1n) is 5.72. The zero-order valence-electron chi connectivity index (χ0n) is 9.96. The molecule has 0 amide bonds. The first-order chi connectivity index (χ1) is 7.92. The minimum atomic E-state index is -1.24. The summed E-state index contributed by atoms with van der Waals surface area (Å²) in [7, 11) is 0. The predicted molar refractivity (Wildman–Crippen MR) is 63.8 cm³/mol. The molecular formula is C13H16FNO2. The maximum absolute atomic E-state index is 13.5. The van der Waals surface area contributed by atoms with Crippen LogP contribution in [0.5, 0.6) is 0 Å². The van der Waals surface area contributed by atoms with Gasteiger partial charge in [0.2, 0.25) is 0 Å². The van der Waals surface area contributed by atoms with Crippen LogP contribution in [0.1, 0.15) is 37.0 Å². The number of carbonyl (C=O) groups is 1. The van der Waals surface area contributed by atoms with Crippen LogP contribution in [0.3, 0.4) is 0 Å². The minimum absolute atomic E-state index is 0.196. The van der Waals surface area contributed by atoms with Crippen molar-refractivity contribution in [3.8, 4) is 0 Å². The highest BCUT2D eigenvalue weighted by Crippen LogP contribution is 2.41. The van der Waals surface area contributed by atoms with Crippen molar-refractivity contribution in [3.63, 3.8) is 0 Å². The number of aromatic carboxylic acids is 1. The summed E-state index contributed by atoms with van der Waals surface area (Å²) in [6.07, 6.45) is 2.27. The Hall–Kier alpha value is -1.58. The van der Waals surface area contributed by atoms with E-state index >= 15 is 0 Å². The van der Waals surface area contributed by atoms with Crippen LogP contribution in [0, 0.1) is 11.7 Å². The predicted octanol–water partition coefficient (Wildman–Crippen LogP) is 3.12. The summed E-state index contributed by atoms with van der Waals surface area (Å²) < 4.78 is 13.5. The zero-order chi connectivity index (χ0) is 12.6. The molecule has 92 valence electrons. The van der Waals surface area contributed by atoms with Gasteiger partial charge < -0.3 is 10.4 Å². The Morgan fingerprint density at radius 3 is 2.65 bits per heavy atom. The van der Waals surface area contributed by atoms with Crippen molar-refractivity contribution in [2.75, 3.05) is 5.32 Å². The Balaban J connectivity index is 2.32. The fourth-order valence-corrected chi connectivity index (χ4v) is 2.10. The maximum Gasteiger partial charge on any atom is 0.340 e. The summed E-state index contributed by atoms with van der Waals surface area (Å²) in [5.74, 6) is -1.40. The third-order valence-electron chi connectivity index (χ3n) is 3.28. The number of nitrogens with one attached hydrogen (secondary N) is 1. The first kappa shape index (κ1) is 11.9. The number of benzene rings is 1. The van der Waals surface area contributed by atoms with Crippen molar-refractivity contribution in [3.05, 3.63) is 29.6 Å². The van der Waals surface area contributed by atoms with E-state index in [1.54, 1.807) is 6.07 Å². The van der Waals surface area contributed by atoms with Crippen LogP contribution < -0.4 is 5.32 Å². The molecule has 0 aromatic heterocycles. The van der Waals surface area contributed by atoms with E-state index < -0.39 is 11.8 Å². The lowest BCUT2D eigenvalue weighted by molar-refractivity contribution is 0.0693. The highest BCUT2D eigenvalue weighted by atomic mass is 19.1. The highest BCUT2D eigenvalue weighted by molar-refractivity contribution is 5.94. The summed E-state index contributed by atoms with van der Waals surface area (Å²) in [4.78, 5) is 11.0. The molecule has 3 nitrogen and oxygen atoms in total. The molecule has 1 saturated carbocycles. The molecule has 0 heterocycles. The third kappa shape index (κ3) is 2.40. The SMILES string of the molecule is CC(C)(Nc1cccc(F)c1C(=O)O)C1CC1. The molecule has 1 fully saturated rings. The van der Waals surface area contributed by atoms with Crippen molar-refractivity contribution in [2.45, 2.75) is 32.2 Å². The van der Waals surface area contributed by atoms with E-state index in [9.17, 15) is 9.18 Å². The number of carboxylic acids is 1. The topological polar surface area (TPSA) is 49.3 Å². The van der Waals surface area contributed by atoms with Crippen molar-refractivity contribution in [1.29, 1.82) is 0 Å². The van der Waals surface area contributed by atoms with E-state index in [0.717, 1.165) is 12.8 Å². The normalized spacial score (nSPS) is 15.7. The van der Waals surface area contributed by atoms with Gasteiger partial charge in [0, 0.05) is 5.54 Å². The molecule has 0 atom stereocenters. The number of carboxylic acid groups (broad SMARTS) is 1. The van der Waals surface area contributed by atoms with Gasteiger partial charge in [-0.2, -0.15) is 0 Å². The molecule has 0 saturated heterocycles. The van der Waals surface area contributed by atoms with Gasteiger partial charge in [0.1, 0.15) is 11.4 Å². The van der Waals surface area contributed by atoms with Crippen molar-refractivity contribution >= 4 is 11.7 Å². The number of anilines is 1. The van der Waals surface area contributed by atoms with Gasteiger partial charge in [-0.15, -0.1) is 0 Å². The Morgan fingerprint density at radius 2 is 2.12 bits per heavy atom. The third-order valence-corrected chi connectivity index (χ3v) is 3.28. The molecule has 2 rings (SSSR count). The molecule has 17 heavy (non-hydrogen) atoms. The van der Waals surface area contributed by atoms with E-state index in [1.165, 1.54) is 12.1 Å². The summed E-state index contributed by atoms with van der Waals surface area (Å²) in [6, 6.07) is 4.29. The summed E-state index contributed by atoms with van der Waals surface area (Å²) in [6.45, 7) is 4.03. The van der Waals surface area contributed by atoms with Crippen LogP contribution in [0.4, 0.5) is 10.1 Å². The van der Waals surface area contributed by atoms with Crippen LogP contribution in [0.15, 0.2) is 18.2 Å². The van der Waals surface area contributed by atoms with Crippen LogP contribution in [-0.2, 0) is 0 Å². The summed E-state index contributed by atoms with van der Waals surface area (Å²) in [5.41, 5.74) is -0.117. The van der Waals surface area contributed by atoms with Crippen LogP contribution >= 0.6 is 0 Å². The van der Waals surface area contributed by atoms with E-state index in [-0.39, 0.29) is 11.1 Å². The lowest BCUT2D eigenvalue weighted by atomic mass is 9.97. The van der Waals surface area contributed by atoms with Gasteiger partial charge in [-0.3, -0.25) is 0 Å². The molecule has 1 aliphatic rings. The van der Waals surface area contributed by atoms with Crippen LogP contribution in [0.2, 0.25) is 0 Å². The lowest BCUT2D eigenvalue weighted by Gasteiger charge is -2.28. The summed E-state index contributed by atoms with van der Waals surface area (Å²) in [5, 5.41) is 12.2. The Morgan fingerprint density at radius 1 is 1.47 bits per heavy atom. The molecule has 4 heteroatoms. The van der Waals surface area contributed by atoms with E-state index in [2.05, 4.69) is 5.32 Å². The largest absolute Gasteiger partial charge is 0.478 e. The fraction of sp³-hybridized carbons (Fsp3) is 0.462. The standard InChI is InChI=1S/C13H16FNO2/c1-13(2,8-6-7-8)15-10-5-3-4-9(14)11(10)12(16)17/h3-5,8,15H,6-7H2,1-2H3,(H,16,17). The first-order valence-corrected chi connectivity index (χ1v) is 5.72. The van der Waals surface area contributed by atoms with Crippen molar-refractivity contribution in [1.82, 2.24) is 0 Å². The molecule has 2 N–H and O–H groups in total. The van der Waals surface area contributed by atoms with Gasteiger partial charge in [-0.05, 0) is 44.7 Å². The quantitative estimate of drug-likeness (QED) is 0.845. The Kier molecular flexibility index (Phi) is 2.81. The Bertz CT molecular complexity index is 453. The maximum atomic E-state index is 13.5. The van der Waals surface area contributed by atoms with Crippen LogP contribution in [-0.4, -0.2) is 16.6 Å². The molecule has 1 aromatic carbocycles. The average Bonchev–Trinajstić information content (AvgIpc) is 2.98. The molecule has 0 spiro atoms. The molecule has 1 aromatic rings. The monoisotopic (exact) mass is 237 g/mol. The van der Waals surface area contributed by atoms with Gasteiger partial charge >= 0.3 is 5.97 Å². The van der Waals surface area contributed by atoms with Gasteiger partial charge in [0.15, 0.2) is 0 Å². The second-order valence-corrected chi connectivity index (χ2v) is 5.09. The number of hydrogen-bond acceptors (Lipinski definition) is 2. The molecule has 1 aliphatic carbocycles. The van der Waals surface area contributed by atoms with Crippen molar-refractivity contribution in [2.24, 2.45) is 5.92 Å². The summed E-state index contributed by atoms with van der Waals surface area (Å²) >= 11 is 0. The Labute approximate surface area is 99.7 Å². The van der Waals surface area contributed by atoms with E-state index in [0.29, 0.717) is 11.6 Å². The van der Waals surface area contributed by atoms with Crippen LogP contribution in [0.25, 0.3) is 0 Å². The molecule has 0 unspecified atom stereocenters. The second kappa shape index (κ2) is 4.02. The number of rotatable bonds is 4. The van der Waals surface area contributed by atoms with Gasteiger partial charge in [-0.1, -0.05) is 6.07 Å². The molecular weight excluding hydrogens is 221 g/mol. The minimum Gasteiger partial charge on any atom is -0.478 e. The van der Waals surface area contributed by atoms with E-state index in [1.807, 2.05) is 13.8 Å². The molecule has 0 aliphatic heterocycles.